The van der Waals surface area contributed by atoms with Gasteiger partial charge in [-0.25, -0.2) is 0 Å². The van der Waals surface area contributed by atoms with E-state index in [-0.39, 0.29) is 28.8 Å². The summed E-state index contributed by atoms with van der Waals surface area (Å²) in [5, 5.41) is 12.0. The average Bonchev–Trinajstić information content (AvgIpc) is 3.06. The zero-order valence-electron chi connectivity index (χ0n) is 16.7. The van der Waals surface area contributed by atoms with Crippen molar-refractivity contribution in [3.05, 3.63) is 35.8 Å². The summed E-state index contributed by atoms with van der Waals surface area (Å²) < 4.78 is 10.8. The van der Waals surface area contributed by atoms with Crippen LogP contribution in [0.2, 0.25) is 0 Å². The van der Waals surface area contributed by atoms with E-state index in [2.05, 4.69) is 26.8 Å². The summed E-state index contributed by atoms with van der Waals surface area (Å²) in [6, 6.07) is 1.95. The first-order chi connectivity index (χ1) is 12.1. The predicted octanol–water partition coefficient (Wildman–Crippen LogP) is 4.67. The number of carbonyl (C=O) groups excluding carboxylic acids is 1. The van der Waals surface area contributed by atoms with Crippen LogP contribution in [-0.4, -0.2) is 22.8 Å². The molecule has 144 valence electrons. The van der Waals surface area contributed by atoms with Crippen LogP contribution in [0.1, 0.15) is 65.9 Å². The number of hydrogen-bond donors (Lipinski definition) is 1. The maximum atomic E-state index is 12.0. The van der Waals surface area contributed by atoms with Crippen LogP contribution in [0.4, 0.5) is 0 Å². The van der Waals surface area contributed by atoms with Crippen molar-refractivity contribution in [2.24, 2.45) is 16.7 Å². The van der Waals surface area contributed by atoms with Crippen LogP contribution >= 0.6 is 0 Å². The second kappa shape index (κ2) is 6.56. The van der Waals surface area contributed by atoms with Gasteiger partial charge in [0.25, 0.3) is 0 Å². The molecular weight excluding hydrogens is 328 g/mol. The monoisotopic (exact) mass is 360 g/mol. The summed E-state index contributed by atoms with van der Waals surface area (Å²) >= 11 is 0. The highest BCUT2D eigenvalue weighted by Gasteiger charge is 2.60. The number of aliphatic hydroxyl groups is 1. The molecule has 4 nitrogen and oxygen atoms in total. The second-order valence-electron chi connectivity index (χ2n) is 9.07. The molecule has 2 aliphatic rings. The van der Waals surface area contributed by atoms with E-state index in [0.29, 0.717) is 6.42 Å². The Hall–Kier alpha value is -1.55. The molecule has 4 atom stereocenters. The summed E-state index contributed by atoms with van der Waals surface area (Å²) in [6.07, 6.45) is 9.67. The molecular formula is C22H32O4. The van der Waals surface area contributed by atoms with E-state index in [1.54, 1.807) is 12.5 Å². The molecule has 26 heavy (non-hydrogen) atoms. The number of fused-ring (bicyclic) bond motifs is 1. The van der Waals surface area contributed by atoms with Crippen molar-refractivity contribution in [3.63, 3.8) is 0 Å². The van der Waals surface area contributed by atoms with Gasteiger partial charge in [0.2, 0.25) is 0 Å². The molecule has 4 heteroatoms. The van der Waals surface area contributed by atoms with Gasteiger partial charge in [-0.1, -0.05) is 39.7 Å². The van der Waals surface area contributed by atoms with Crippen molar-refractivity contribution in [2.45, 2.75) is 78.4 Å². The topological polar surface area (TPSA) is 59.7 Å². The van der Waals surface area contributed by atoms with Crippen molar-refractivity contribution in [2.75, 3.05) is 0 Å². The van der Waals surface area contributed by atoms with E-state index in [1.807, 2.05) is 13.0 Å². The summed E-state index contributed by atoms with van der Waals surface area (Å²) in [7, 11) is 0. The first kappa shape index (κ1) is 19.2. The maximum Gasteiger partial charge on any atom is 0.303 e. The number of carbonyl (C=O) groups is 1. The normalized spacial score (nSPS) is 36.2. The lowest BCUT2D eigenvalue weighted by Gasteiger charge is -2.60. The largest absolute Gasteiger partial charge is 0.472 e. The van der Waals surface area contributed by atoms with Gasteiger partial charge < -0.3 is 14.3 Å². The fourth-order valence-electron chi connectivity index (χ4n) is 5.44. The standard InChI is InChI=1S/C22H32O4/c1-15-18(26-16(2)23)13-19-20(3,4)9-6-10-21(19,5)22(15,24)11-7-17-8-12-25-14-17/h8,12-15,18,24H,6-7,9-11H2,1-5H3/t15?,18?,21-,22?/m0/s1. The summed E-state index contributed by atoms with van der Waals surface area (Å²) in [6.45, 7) is 10.1. The van der Waals surface area contributed by atoms with Gasteiger partial charge in [-0.2, -0.15) is 0 Å². The Morgan fingerprint density at radius 2 is 2.08 bits per heavy atom. The molecule has 1 aromatic heterocycles. The highest BCUT2D eigenvalue weighted by atomic mass is 16.5. The molecule has 0 radical (unpaired) electrons. The van der Waals surface area contributed by atoms with E-state index in [0.717, 1.165) is 31.2 Å². The van der Waals surface area contributed by atoms with Crippen molar-refractivity contribution in [1.82, 2.24) is 0 Å². The minimum absolute atomic E-state index is 0.00480. The van der Waals surface area contributed by atoms with Crippen LogP contribution < -0.4 is 0 Å². The van der Waals surface area contributed by atoms with E-state index in [9.17, 15) is 9.90 Å². The van der Waals surface area contributed by atoms with Crippen molar-refractivity contribution >= 4 is 5.97 Å². The molecule has 0 aliphatic heterocycles. The Balaban J connectivity index is 2.02. The molecule has 1 saturated carbocycles. The Morgan fingerprint density at radius 3 is 2.69 bits per heavy atom. The van der Waals surface area contributed by atoms with Crippen LogP contribution in [0.15, 0.2) is 34.7 Å². The third kappa shape index (κ3) is 3.02. The maximum absolute atomic E-state index is 12.0. The zero-order chi connectivity index (χ0) is 19.2. The molecule has 1 heterocycles. The third-order valence-electron chi connectivity index (χ3n) is 7.01. The van der Waals surface area contributed by atoms with Crippen molar-refractivity contribution in [1.29, 1.82) is 0 Å². The number of rotatable bonds is 4. The van der Waals surface area contributed by atoms with E-state index in [4.69, 9.17) is 9.15 Å². The van der Waals surface area contributed by atoms with Gasteiger partial charge in [-0.15, -0.1) is 0 Å². The van der Waals surface area contributed by atoms with Crippen LogP contribution in [0.3, 0.4) is 0 Å². The first-order valence-corrected chi connectivity index (χ1v) is 9.74. The van der Waals surface area contributed by atoms with E-state index < -0.39 is 5.60 Å². The Labute approximate surface area is 156 Å². The van der Waals surface area contributed by atoms with Gasteiger partial charge in [0.05, 0.1) is 18.1 Å². The fourth-order valence-corrected chi connectivity index (χ4v) is 5.44. The predicted molar refractivity (Wildman–Crippen MR) is 101 cm³/mol. The van der Waals surface area contributed by atoms with Gasteiger partial charge in [0.15, 0.2) is 0 Å². The lowest BCUT2D eigenvalue weighted by atomic mass is 9.48. The summed E-state index contributed by atoms with van der Waals surface area (Å²) in [4.78, 5) is 11.7. The first-order valence-electron chi connectivity index (χ1n) is 9.74. The lowest BCUT2D eigenvalue weighted by molar-refractivity contribution is -0.174. The molecule has 3 rings (SSSR count). The van der Waals surface area contributed by atoms with Gasteiger partial charge >= 0.3 is 5.97 Å². The molecule has 0 aromatic carbocycles. The number of esters is 1. The van der Waals surface area contributed by atoms with Crippen LogP contribution in [0.25, 0.3) is 0 Å². The quantitative estimate of drug-likeness (QED) is 0.626. The average molecular weight is 360 g/mol. The zero-order valence-corrected chi connectivity index (χ0v) is 16.7. The number of furan rings is 1. The highest BCUT2D eigenvalue weighted by molar-refractivity contribution is 5.66. The molecule has 3 unspecified atom stereocenters. The SMILES string of the molecule is CC(=O)OC1C=C2C(C)(C)CCC[C@]2(C)C(O)(CCc2ccoc2)C1C. The Bertz CT molecular complexity index is 687. The molecule has 1 aromatic rings. The number of hydrogen-bond acceptors (Lipinski definition) is 4. The Kier molecular flexibility index (Phi) is 4.85. The minimum atomic E-state index is -0.938. The highest BCUT2D eigenvalue weighted by Crippen LogP contribution is 2.61. The van der Waals surface area contributed by atoms with Gasteiger partial charge in [0, 0.05) is 18.3 Å². The van der Waals surface area contributed by atoms with Gasteiger partial charge in [-0.3, -0.25) is 4.79 Å². The van der Waals surface area contributed by atoms with Crippen LogP contribution in [0, 0.1) is 16.7 Å². The smallest absolute Gasteiger partial charge is 0.303 e. The summed E-state index contributed by atoms with van der Waals surface area (Å²) in [5.41, 5.74) is 1.08. The van der Waals surface area contributed by atoms with Gasteiger partial charge in [-0.05, 0) is 48.8 Å². The molecule has 1 N–H and O–H groups in total. The van der Waals surface area contributed by atoms with Crippen LogP contribution in [-0.2, 0) is 16.0 Å². The van der Waals surface area contributed by atoms with Gasteiger partial charge in [0.1, 0.15) is 6.10 Å². The lowest BCUT2D eigenvalue weighted by Crippen LogP contribution is -2.61. The Morgan fingerprint density at radius 1 is 1.35 bits per heavy atom. The molecule has 0 bridgehead atoms. The van der Waals surface area contributed by atoms with E-state index in [1.165, 1.54) is 12.5 Å². The minimum Gasteiger partial charge on any atom is -0.472 e. The van der Waals surface area contributed by atoms with Crippen LogP contribution in [0.5, 0.6) is 0 Å². The molecule has 0 amide bonds. The second-order valence-corrected chi connectivity index (χ2v) is 9.07. The third-order valence-corrected chi connectivity index (χ3v) is 7.01. The van der Waals surface area contributed by atoms with Crippen molar-refractivity contribution < 1.29 is 19.1 Å². The fraction of sp³-hybridized carbons (Fsp3) is 0.682. The molecule has 0 spiro atoms. The number of ether oxygens (including phenoxy) is 1. The summed E-state index contributed by atoms with van der Waals surface area (Å²) in [5.74, 6) is -0.464. The number of aryl methyl sites for hydroxylation is 1. The molecule has 2 aliphatic carbocycles. The van der Waals surface area contributed by atoms with E-state index >= 15 is 0 Å². The van der Waals surface area contributed by atoms with Crippen molar-refractivity contribution in [3.8, 4) is 0 Å². The molecule has 1 fully saturated rings. The molecule has 0 saturated heterocycles.